The van der Waals surface area contributed by atoms with E-state index in [4.69, 9.17) is 17.3 Å². The monoisotopic (exact) mass is 261 g/mol. The number of anilines is 2. The van der Waals surface area contributed by atoms with Crippen LogP contribution in [0.15, 0.2) is 42.6 Å². The molecule has 2 aromatic rings. The van der Waals surface area contributed by atoms with Crippen LogP contribution >= 0.6 is 11.6 Å². The van der Waals surface area contributed by atoms with Gasteiger partial charge >= 0.3 is 0 Å². The van der Waals surface area contributed by atoms with Gasteiger partial charge in [0.25, 0.3) is 5.91 Å². The van der Waals surface area contributed by atoms with Crippen LogP contribution in [0.4, 0.5) is 11.5 Å². The summed E-state index contributed by atoms with van der Waals surface area (Å²) in [6.45, 7) is 0. The Bertz CT molecular complexity index is 572. The van der Waals surface area contributed by atoms with E-state index in [2.05, 4.69) is 4.98 Å². The standard InChI is InChI=1S/C13H12ClN3O/c1-17(11-7-2-3-8-16-11)13(18)9-5-4-6-10(14)12(9)15/h2-8H,15H2,1H3. The Kier molecular flexibility index (Phi) is 3.48. The number of carbonyl (C=O) groups excluding carboxylic acids is 1. The molecule has 0 atom stereocenters. The van der Waals surface area contributed by atoms with E-state index in [-0.39, 0.29) is 11.6 Å². The molecule has 1 aromatic heterocycles. The summed E-state index contributed by atoms with van der Waals surface area (Å²) in [6.07, 6.45) is 1.63. The Morgan fingerprint density at radius 3 is 2.72 bits per heavy atom. The fourth-order valence-electron chi connectivity index (χ4n) is 1.56. The summed E-state index contributed by atoms with van der Waals surface area (Å²) in [5, 5.41) is 0.371. The van der Waals surface area contributed by atoms with E-state index in [1.807, 2.05) is 6.07 Å². The number of nitrogen functional groups attached to an aromatic ring is 1. The molecule has 0 saturated heterocycles. The minimum atomic E-state index is -0.242. The van der Waals surface area contributed by atoms with E-state index in [9.17, 15) is 4.79 Å². The summed E-state index contributed by atoms with van der Waals surface area (Å²) in [7, 11) is 1.64. The van der Waals surface area contributed by atoms with E-state index in [1.165, 1.54) is 4.90 Å². The number of halogens is 1. The Hall–Kier alpha value is -2.07. The lowest BCUT2D eigenvalue weighted by Crippen LogP contribution is -2.27. The maximum absolute atomic E-state index is 12.3. The molecule has 1 amide bonds. The van der Waals surface area contributed by atoms with Gasteiger partial charge in [-0.1, -0.05) is 23.7 Å². The second kappa shape index (κ2) is 5.06. The van der Waals surface area contributed by atoms with Gasteiger partial charge in [-0.05, 0) is 24.3 Å². The van der Waals surface area contributed by atoms with Crippen molar-refractivity contribution in [2.24, 2.45) is 0 Å². The number of aromatic nitrogens is 1. The lowest BCUT2D eigenvalue weighted by atomic mass is 10.1. The minimum absolute atomic E-state index is 0.242. The van der Waals surface area contributed by atoms with Gasteiger partial charge in [0, 0.05) is 13.2 Å². The van der Waals surface area contributed by atoms with Crippen LogP contribution in [0.25, 0.3) is 0 Å². The van der Waals surface area contributed by atoms with E-state index >= 15 is 0 Å². The number of rotatable bonds is 2. The highest BCUT2D eigenvalue weighted by molar-refractivity contribution is 6.34. The molecule has 2 N–H and O–H groups in total. The third-order valence-electron chi connectivity index (χ3n) is 2.58. The molecule has 92 valence electrons. The van der Waals surface area contributed by atoms with Crippen molar-refractivity contribution in [3.05, 3.63) is 53.2 Å². The smallest absolute Gasteiger partial charge is 0.261 e. The van der Waals surface area contributed by atoms with Gasteiger partial charge in [-0.3, -0.25) is 9.69 Å². The zero-order valence-corrected chi connectivity index (χ0v) is 10.6. The van der Waals surface area contributed by atoms with E-state index in [0.29, 0.717) is 16.4 Å². The van der Waals surface area contributed by atoms with Crippen molar-refractivity contribution in [1.82, 2.24) is 4.98 Å². The van der Waals surface area contributed by atoms with Crippen LogP contribution in [0.3, 0.4) is 0 Å². The highest BCUT2D eigenvalue weighted by Gasteiger charge is 2.17. The molecular weight excluding hydrogens is 250 g/mol. The molecule has 0 unspecified atom stereocenters. The summed E-state index contributed by atoms with van der Waals surface area (Å²) < 4.78 is 0. The molecule has 0 aliphatic rings. The molecule has 0 radical (unpaired) electrons. The maximum atomic E-state index is 12.3. The van der Waals surface area contributed by atoms with Crippen molar-refractivity contribution in [3.63, 3.8) is 0 Å². The van der Waals surface area contributed by atoms with Gasteiger partial charge in [0.15, 0.2) is 0 Å². The third kappa shape index (κ3) is 2.28. The Labute approximate surface area is 110 Å². The molecule has 0 fully saturated rings. The van der Waals surface area contributed by atoms with Crippen LogP contribution in [0.2, 0.25) is 5.02 Å². The van der Waals surface area contributed by atoms with Gasteiger partial charge in [-0.2, -0.15) is 0 Å². The minimum Gasteiger partial charge on any atom is -0.397 e. The number of carbonyl (C=O) groups is 1. The average Bonchev–Trinajstić information content (AvgIpc) is 2.41. The summed E-state index contributed by atoms with van der Waals surface area (Å²) in [5.74, 6) is 0.315. The highest BCUT2D eigenvalue weighted by atomic mass is 35.5. The fourth-order valence-corrected chi connectivity index (χ4v) is 1.73. The molecular formula is C13H12ClN3O. The molecule has 2 rings (SSSR count). The SMILES string of the molecule is CN(C(=O)c1cccc(Cl)c1N)c1ccccn1. The number of hydrogen-bond donors (Lipinski definition) is 1. The maximum Gasteiger partial charge on any atom is 0.261 e. The van der Waals surface area contributed by atoms with Gasteiger partial charge in [0.05, 0.1) is 16.3 Å². The second-order valence-electron chi connectivity index (χ2n) is 3.75. The first-order valence-corrected chi connectivity index (χ1v) is 5.72. The molecule has 0 aliphatic heterocycles. The zero-order valence-electron chi connectivity index (χ0n) is 9.80. The first kappa shape index (κ1) is 12.4. The molecule has 0 aliphatic carbocycles. The van der Waals surface area contributed by atoms with Crippen molar-refractivity contribution in [2.45, 2.75) is 0 Å². The normalized spacial score (nSPS) is 10.1. The van der Waals surface area contributed by atoms with Gasteiger partial charge in [-0.15, -0.1) is 0 Å². The van der Waals surface area contributed by atoms with Crippen molar-refractivity contribution < 1.29 is 4.79 Å². The van der Waals surface area contributed by atoms with Crippen LogP contribution in [0, 0.1) is 0 Å². The van der Waals surface area contributed by atoms with Crippen LogP contribution in [0.5, 0.6) is 0 Å². The van der Waals surface area contributed by atoms with E-state index < -0.39 is 0 Å². The third-order valence-corrected chi connectivity index (χ3v) is 2.91. The predicted octanol–water partition coefficient (Wildman–Crippen LogP) is 2.59. The largest absolute Gasteiger partial charge is 0.397 e. The molecule has 18 heavy (non-hydrogen) atoms. The van der Waals surface area contributed by atoms with Crippen LogP contribution in [-0.4, -0.2) is 17.9 Å². The molecule has 1 heterocycles. The van der Waals surface area contributed by atoms with Crippen molar-refractivity contribution in [3.8, 4) is 0 Å². The van der Waals surface area contributed by atoms with Gasteiger partial charge in [0.2, 0.25) is 0 Å². The summed E-state index contributed by atoms with van der Waals surface area (Å²) in [6, 6.07) is 10.3. The zero-order chi connectivity index (χ0) is 13.1. The van der Waals surface area contributed by atoms with Crippen molar-refractivity contribution in [2.75, 3.05) is 17.7 Å². The Morgan fingerprint density at radius 1 is 1.28 bits per heavy atom. The molecule has 0 saturated carbocycles. The number of nitrogens with zero attached hydrogens (tertiary/aromatic N) is 2. The highest BCUT2D eigenvalue weighted by Crippen LogP contribution is 2.24. The molecule has 1 aromatic carbocycles. The van der Waals surface area contributed by atoms with Crippen molar-refractivity contribution in [1.29, 1.82) is 0 Å². The number of benzene rings is 1. The number of pyridine rings is 1. The molecule has 0 bridgehead atoms. The summed E-state index contributed by atoms with van der Waals surface area (Å²) >= 11 is 5.90. The summed E-state index contributed by atoms with van der Waals surface area (Å²) in [5.41, 5.74) is 6.45. The number of hydrogen-bond acceptors (Lipinski definition) is 3. The Balaban J connectivity index is 2.35. The summed E-state index contributed by atoms with van der Waals surface area (Å²) in [4.78, 5) is 17.8. The molecule has 0 spiro atoms. The van der Waals surface area contributed by atoms with E-state index in [0.717, 1.165) is 0 Å². The lowest BCUT2D eigenvalue weighted by Gasteiger charge is -2.17. The van der Waals surface area contributed by atoms with Crippen LogP contribution in [0.1, 0.15) is 10.4 Å². The predicted molar refractivity (Wildman–Crippen MR) is 72.8 cm³/mol. The van der Waals surface area contributed by atoms with Crippen LogP contribution in [-0.2, 0) is 0 Å². The number of para-hydroxylation sites is 1. The average molecular weight is 262 g/mol. The fraction of sp³-hybridized carbons (Fsp3) is 0.0769. The lowest BCUT2D eigenvalue weighted by molar-refractivity contribution is 0.0993. The Morgan fingerprint density at radius 2 is 2.06 bits per heavy atom. The quantitative estimate of drug-likeness (QED) is 0.846. The number of amides is 1. The molecule has 5 heteroatoms. The van der Waals surface area contributed by atoms with Crippen LogP contribution < -0.4 is 10.6 Å². The topological polar surface area (TPSA) is 59.2 Å². The van der Waals surface area contributed by atoms with Crippen molar-refractivity contribution >= 4 is 29.0 Å². The number of nitrogens with two attached hydrogens (primary N) is 1. The van der Waals surface area contributed by atoms with E-state index in [1.54, 1.807) is 43.6 Å². The first-order chi connectivity index (χ1) is 8.61. The van der Waals surface area contributed by atoms with Gasteiger partial charge < -0.3 is 5.73 Å². The second-order valence-corrected chi connectivity index (χ2v) is 4.16. The molecule has 4 nitrogen and oxygen atoms in total. The first-order valence-electron chi connectivity index (χ1n) is 5.34. The van der Waals surface area contributed by atoms with Gasteiger partial charge in [0.1, 0.15) is 5.82 Å². The van der Waals surface area contributed by atoms with Gasteiger partial charge in [-0.25, -0.2) is 4.98 Å².